The monoisotopic (exact) mass is 293 g/mol. The molecule has 0 N–H and O–H groups in total. The molecule has 5 heteroatoms. The third-order valence-electron chi connectivity index (χ3n) is 4.24. The molecule has 0 bridgehead atoms. The van der Waals surface area contributed by atoms with Gasteiger partial charge in [-0.25, -0.2) is 4.39 Å². The van der Waals surface area contributed by atoms with Gasteiger partial charge >= 0.3 is 0 Å². The highest BCUT2D eigenvalue weighted by Gasteiger charge is 2.44. The van der Waals surface area contributed by atoms with Crippen LogP contribution in [0.2, 0.25) is 0 Å². The molecule has 2 aliphatic rings. The minimum Gasteiger partial charge on any atom is -0.370 e. The highest BCUT2D eigenvalue weighted by atomic mass is 19.1. The number of likely N-dealkylation sites (tertiary alicyclic amines) is 1. The van der Waals surface area contributed by atoms with Crippen molar-refractivity contribution in [2.75, 3.05) is 19.7 Å². The number of ether oxygens (including phenoxy) is 2. The second-order valence-corrected chi connectivity index (χ2v) is 5.92. The summed E-state index contributed by atoms with van der Waals surface area (Å²) in [5.41, 5.74) is -0.107. The summed E-state index contributed by atoms with van der Waals surface area (Å²) in [5, 5.41) is 0. The molecule has 0 saturated carbocycles. The summed E-state index contributed by atoms with van der Waals surface area (Å²) in [5.74, 6) is -0.206. The van der Waals surface area contributed by atoms with Gasteiger partial charge in [0.2, 0.25) is 0 Å². The van der Waals surface area contributed by atoms with Crippen LogP contribution in [-0.2, 0) is 20.9 Å². The van der Waals surface area contributed by atoms with Crippen LogP contribution in [0.5, 0.6) is 0 Å². The summed E-state index contributed by atoms with van der Waals surface area (Å²) in [6, 6.07) is 6.58. The van der Waals surface area contributed by atoms with E-state index in [0.29, 0.717) is 25.3 Å². The Kier molecular flexibility index (Phi) is 3.95. The fourth-order valence-corrected chi connectivity index (χ4v) is 2.81. The molecule has 0 aromatic heterocycles. The predicted molar refractivity (Wildman–Crippen MR) is 75.1 cm³/mol. The first kappa shape index (κ1) is 14.5. The van der Waals surface area contributed by atoms with Gasteiger partial charge in [-0.1, -0.05) is 18.2 Å². The van der Waals surface area contributed by atoms with Gasteiger partial charge in [0, 0.05) is 25.3 Å². The average molecular weight is 293 g/mol. The normalized spacial score (nSPS) is 25.9. The smallest absolute Gasteiger partial charge is 0.254 e. The maximum absolute atomic E-state index is 13.5. The van der Waals surface area contributed by atoms with Crippen molar-refractivity contribution in [3.63, 3.8) is 0 Å². The second-order valence-electron chi connectivity index (χ2n) is 5.92. The molecule has 21 heavy (non-hydrogen) atoms. The summed E-state index contributed by atoms with van der Waals surface area (Å²) in [6.45, 7) is 3.88. The van der Waals surface area contributed by atoms with Crippen LogP contribution in [0.4, 0.5) is 4.39 Å². The Morgan fingerprint density at radius 1 is 1.48 bits per heavy atom. The summed E-state index contributed by atoms with van der Waals surface area (Å²) in [6.07, 6.45) is 1.70. The largest absolute Gasteiger partial charge is 0.370 e. The molecular formula is C16H20FNO3. The molecule has 2 fully saturated rings. The van der Waals surface area contributed by atoms with E-state index < -0.39 is 5.60 Å². The number of hydrogen-bond acceptors (Lipinski definition) is 3. The maximum Gasteiger partial charge on any atom is 0.254 e. The van der Waals surface area contributed by atoms with E-state index in [0.717, 1.165) is 12.8 Å². The van der Waals surface area contributed by atoms with E-state index in [4.69, 9.17) is 9.47 Å². The average Bonchev–Trinajstić information content (AvgIpc) is 2.87. The van der Waals surface area contributed by atoms with Crippen molar-refractivity contribution in [3.05, 3.63) is 35.6 Å². The van der Waals surface area contributed by atoms with Crippen LogP contribution in [0.25, 0.3) is 0 Å². The number of carbonyl (C=O) groups is 1. The Balaban J connectivity index is 1.46. The molecule has 114 valence electrons. The number of hydrogen-bond donors (Lipinski definition) is 0. The van der Waals surface area contributed by atoms with E-state index in [2.05, 4.69) is 0 Å². The van der Waals surface area contributed by atoms with Crippen LogP contribution in [0.1, 0.15) is 25.3 Å². The SMILES string of the molecule is CC1(C(=O)N2CC(OCc3ccccc3F)C2)CCCO1. The van der Waals surface area contributed by atoms with Crippen molar-refractivity contribution in [2.45, 2.75) is 38.1 Å². The zero-order valence-corrected chi connectivity index (χ0v) is 12.2. The van der Waals surface area contributed by atoms with Gasteiger partial charge in [0.25, 0.3) is 5.91 Å². The fourth-order valence-electron chi connectivity index (χ4n) is 2.81. The molecule has 1 atom stereocenters. The van der Waals surface area contributed by atoms with Gasteiger partial charge < -0.3 is 14.4 Å². The lowest BCUT2D eigenvalue weighted by Crippen LogP contribution is -2.60. The Bertz CT molecular complexity index is 522. The molecule has 0 aliphatic carbocycles. The number of carbonyl (C=O) groups excluding carboxylic acids is 1. The Labute approximate surface area is 123 Å². The molecule has 1 unspecified atom stereocenters. The molecule has 1 aromatic rings. The van der Waals surface area contributed by atoms with Crippen LogP contribution in [0.15, 0.2) is 24.3 Å². The molecule has 0 radical (unpaired) electrons. The van der Waals surface area contributed by atoms with Crippen LogP contribution >= 0.6 is 0 Å². The Hall–Kier alpha value is -1.46. The number of amides is 1. The number of nitrogens with zero attached hydrogens (tertiary/aromatic N) is 1. The summed E-state index contributed by atoms with van der Waals surface area (Å²) in [4.78, 5) is 14.1. The molecule has 1 aromatic carbocycles. The van der Waals surface area contributed by atoms with Gasteiger partial charge in [0.15, 0.2) is 0 Å². The van der Waals surface area contributed by atoms with Crippen molar-refractivity contribution >= 4 is 5.91 Å². The lowest BCUT2D eigenvalue weighted by atomic mass is 9.98. The number of rotatable bonds is 4. The molecular weight excluding hydrogens is 273 g/mol. The van der Waals surface area contributed by atoms with Gasteiger partial charge in [-0.05, 0) is 25.8 Å². The zero-order chi connectivity index (χ0) is 14.9. The molecule has 4 nitrogen and oxygen atoms in total. The third-order valence-corrected chi connectivity index (χ3v) is 4.24. The van der Waals surface area contributed by atoms with Crippen molar-refractivity contribution < 1.29 is 18.7 Å². The summed E-state index contributed by atoms with van der Waals surface area (Å²) >= 11 is 0. The standard InChI is InChI=1S/C16H20FNO3/c1-16(7-4-8-21-16)15(19)18-9-13(10-18)20-11-12-5-2-3-6-14(12)17/h2-3,5-6,13H,4,7-11H2,1H3. The summed E-state index contributed by atoms with van der Waals surface area (Å²) in [7, 11) is 0. The first-order valence-corrected chi connectivity index (χ1v) is 7.37. The van der Waals surface area contributed by atoms with Crippen LogP contribution in [0, 0.1) is 5.82 Å². The second kappa shape index (κ2) is 5.73. The lowest BCUT2D eigenvalue weighted by molar-refractivity contribution is -0.165. The van der Waals surface area contributed by atoms with E-state index in [1.54, 1.807) is 23.1 Å². The van der Waals surface area contributed by atoms with Crippen molar-refractivity contribution in [1.29, 1.82) is 0 Å². The van der Waals surface area contributed by atoms with Crippen molar-refractivity contribution in [1.82, 2.24) is 4.90 Å². The maximum atomic E-state index is 13.5. The van der Waals surface area contributed by atoms with E-state index in [-0.39, 0.29) is 24.4 Å². The minimum absolute atomic E-state index is 0.0152. The molecule has 3 rings (SSSR count). The van der Waals surface area contributed by atoms with Gasteiger partial charge in [-0.2, -0.15) is 0 Å². The van der Waals surface area contributed by atoms with E-state index in [1.165, 1.54) is 6.07 Å². The third kappa shape index (κ3) is 2.94. The van der Waals surface area contributed by atoms with E-state index in [1.807, 2.05) is 6.92 Å². The van der Waals surface area contributed by atoms with E-state index >= 15 is 0 Å². The molecule has 1 amide bonds. The van der Waals surface area contributed by atoms with Gasteiger partial charge in [0.05, 0.1) is 12.7 Å². The van der Waals surface area contributed by atoms with E-state index in [9.17, 15) is 9.18 Å². The zero-order valence-electron chi connectivity index (χ0n) is 12.2. The van der Waals surface area contributed by atoms with Gasteiger partial charge in [-0.15, -0.1) is 0 Å². The quantitative estimate of drug-likeness (QED) is 0.853. The van der Waals surface area contributed by atoms with Crippen LogP contribution < -0.4 is 0 Å². The summed E-state index contributed by atoms with van der Waals surface area (Å²) < 4.78 is 24.7. The molecule has 0 spiro atoms. The van der Waals surface area contributed by atoms with Gasteiger partial charge in [0.1, 0.15) is 11.4 Å². The Morgan fingerprint density at radius 3 is 2.90 bits per heavy atom. The van der Waals surface area contributed by atoms with Gasteiger partial charge in [-0.3, -0.25) is 4.79 Å². The minimum atomic E-state index is -0.656. The highest BCUT2D eigenvalue weighted by molar-refractivity contribution is 5.85. The predicted octanol–water partition coefficient (Wildman–Crippen LogP) is 2.12. The van der Waals surface area contributed by atoms with Crippen molar-refractivity contribution in [3.8, 4) is 0 Å². The topological polar surface area (TPSA) is 38.8 Å². The lowest BCUT2D eigenvalue weighted by Gasteiger charge is -2.42. The number of halogens is 1. The Morgan fingerprint density at radius 2 is 2.24 bits per heavy atom. The fraction of sp³-hybridized carbons (Fsp3) is 0.562. The number of benzene rings is 1. The first-order chi connectivity index (χ1) is 10.1. The molecule has 2 aliphatic heterocycles. The van der Waals surface area contributed by atoms with Crippen LogP contribution in [0.3, 0.4) is 0 Å². The molecule has 2 heterocycles. The van der Waals surface area contributed by atoms with Crippen LogP contribution in [-0.4, -0.2) is 42.2 Å². The highest BCUT2D eigenvalue weighted by Crippen LogP contribution is 2.29. The molecule has 2 saturated heterocycles. The van der Waals surface area contributed by atoms with Crippen molar-refractivity contribution in [2.24, 2.45) is 0 Å². The first-order valence-electron chi connectivity index (χ1n) is 7.37.